The number of carbonyl (C=O) groups excluding carboxylic acids is 2. The molecule has 7 heteroatoms. The standard InChI is InChI=1S/C18H17FO6/c1-22-10-25-15-9-13(23-2)8-14(19)16(15)17(20)11-4-6-12(7-5-11)18(21)24-3/h4-9H,10H2,1-3H3. The molecule has 0 aliphatic carbocycles. The van der Waals surface area contributed by atoms with Crippen LogP contribution in [-0.4, -0.2) is 39.9 Å². The van der Waals surface area contributed by atoms with Crippen LogP contribution in [0.4, 0.5) is 4.39 Å². The first kappa shape index (κ1) is 18.4. The highest BCUT2D eigenvalue weighted by atomic mass is 19.1. The average molecular weight is 348 g/mol. The molecule has 0 saturated heterocycles. The molecule has 0 atom stereocenters. The maximum absolute atomic E-state index is 14.4. The summed E-state index contributed by atoms with van der Waals surface area (Å²) in [5.74, 6) is -1.70. The van der Waals surface area contributed by atoms with Crippen molar-refractivity contribution in [1.29, 1.82) is 0 Å². The third-order valence-corrected chi connectivity index (χ3v) is 3.39. The van der Waals surface area contributed by atoms with Crippen LogP contribution in [0, 0.1) is 5.82 Å². The first-order valence-electron chi connectivity index (χ1n) is 7.24. The molecule has 0 fully saturated rings. The summed E-state index contributed by atoms with van der Waals surface area (Å²) in [7, 11) is 4.04. The van der Waals surface area contributed by atoms with Gasteiger partial charge < -0.3 is 18.9 Å². The van der Waals surface area contributed by atoms with Crippen LogP contribution in [0.25, 0.3) is 0 Å². The van der Waals surface area contributed by atoms with E-state index in [0.29, 0.717) is 0 Å². The number of methoxy groups -OCH3 is 3. The minimum atomic E-state index is -0.785. The third-order valence-electron chi connectivity index (χ3n) is 3.39. The van der Waals surface area contributed by atoms with Crippen molar-refractivity contribution in [1.82, 2.24) is 0 Å². The molecule has 132 valence electrons. The lowest BCUT2D eigenvalue weighted by Gasteiger charge is -2.13. The predicted molar refractivity (Wildman–Crippen MR) is 86.7 cm³/mol. The van der Waals surface area contributed by atoms with E-state index in [4.69, 9.17) is 14.2 Å². The molecule has 0 bridgehead atoms. The molecule has 2 rings (SSSR count). The molecule has 0 radical (unpaired) electrons. The van der Waals surface area contributed by atoms with E-state index in [0.717, 1.165) is 6.07 Å². The normalized spacial score (nSPS) is 10.2. The van der Waals surface area contributed by atoms with Gasteiger partial charge in [0.25, 0.3) is 0 Å². The molecule has 0 aliphatic heterocycles. The molecule has 0 unspecified atom stereocenters. The number of hydrogen-bond donors (Lipinski definition) is 0. The lowest BCUT2D eigenvalue weighted by Crippen LogP contribution is -2.10. The van der Waals surface area contributed by atoms with Crippen LogP contribution >= 0.6 is 0 Å². The summed E-state index contributed by atoms with van der Waals surface area (Å²) >= 11 is 0. The summed E-state index contributed by atoms with van der Waals surface area (Å²) in [6.07, 6.45) is 0. The quantitative estimate of drug-likeness (QED) is 0.435. The fourth-order valence-electron chi connectivity index (χ4n) is 2.15. The molecule has 0 spiro atoms. The summed E-state index contributed by atoms with van der Waals surface area (Å²) in [6, 6.07) is 8.18. The van der Waals surface area contributed by atoms with Gasteiger partial charge in [-0.1, -0.05) is 12.1 Å². The highest BCUT2D eigenvalue weighted by Crippen LogP contribution is 2.30. The molecule has 2 aromatic carbocycles. The monoisotopic (exact) mass is 348 g/mol. The van der Waals surface area contributed by atoms with Gasteiger partial charge in [-0.15, -0.1) is 0 Å². The zero-order chi connectivity index (χ0) is 18.4. The van der Waals surface area contributed by atoms with E-state index in [2.05, 4.69) is 4.74 Å². The maximum atomic E-state index is 14.4. The van der Waals surface area contributed by atoms with Gasteiger partial charge in [-0.25, -0.2) is 9.18 Å². The molecule has 0 heterocycles. The predicted octanol–water partition coefficient (Wildman–Crippen LogP) is 2.83. The van der Waals surface area contributed by atoms with Crippen LogP contribution in [0.1, 0.15) is 26.3 Å². The Morgan fingerprint density at radius 2 is 1.64 bits per heavy atom. The van der Waals surface area contributed by atoms with E-state index >= 15 is 0 Å². The van der Waals surface area contributed by atoms with Gasteiger partial charge in [-0.05, 0) is 12.1 Å². The van der Waals surface area contributed by atoms with Crippen LogP contribution in [0.3, 0.4) is 0 Å². The molecule has 0 aliphatic rings. The number of esters is 1. The molecule has 6 nitrogen and oxygen atoms in total. The van der Waals surface area contributed by atoms with Gasteiger partial charge in [0.2, 0.25) is 0 Å². The van der Waals surface area contributed by atoms with Crippen molar-refractivity contribution >= 4 is 11.8 Å². The lowest BCUT2D eigenvalue weighted by atomic mass is 10.0. The average Bonchev–Trinajstić information content (AvgIpc) is 2.64. The number of benzene rings is 2. The Labute approximate surface area is 144 Å². The summed E-state index contributed by atoms with van der Waals surface area (Å²) in [4.78, 5) is 24.1. The molecule has 0 aromatic heterocycles. The fourth-order valence-corrected chi connectivity index (χ4v) is 2.15. The topological polar surface area (TPSA) is 71.1 Å². The largest absolute Gasteiger partial charge is 0.497 e. The molecule has 0 amide bonds. The lowest BCUT2D eigenvalue weighted by molar-refractivity contribution is 0.0499. The highest BCUT2D eigenvalue weighted by molar-refractivity contribution is 6.11. The Morgan fingerprint density at radius 1 is 1.00 bits per heavy atom. The van der Waals surface area contributed by atoms with Crippen molar-refractivity contribution in [2.24, 2.45) is 0 Å². The SMILES string of the molecule is COCOc1cc(OC)cc(F)c1C(=O)c1ccc(C(=O)OC)cc1. The maximum Gasteiger partial charge on any atom is 0.337 e. The Morgan fingerprint density at radius 3 is 2.20 bits per heavy atom. The number of ketones is 1. The third kappa shape index (κ3) is 4.13. The number of ether oxygens (including phenoxy) is 4. The molecular weight excluding hydrogens is 331 g/mol. The molecule has 0 N–H and O–H groups in total. The molecule has 2 aromatic rings. The van der Waals surface area contributed by atoms with E-state index in [9.17, 15) is 14.0 Å². The Bertz CT molecular complexity index is 770. The number of halogens is 1. The van der Waals surface area contributed by atoms with Crippen molar-refractivity contribution in [3.63, 3.8) is 0 Å². The fraction of sp³-hybridized carbons (Fsp3) is 0.222. The summed E-state index contributed by atoms with van der Waals surface area (Å²) in [6.45, 7) is -0.159. The number of carbonyl (C=O) groups is 2. The van der Waals surface area contributed by atoms with E-state index in [-0.39, 0.29) is 35.0 Å². The van der Waals surface area contributed by atoms with Crippen molar-refractivity contribution in [3.05, 3.63) is 58.9 Å². The van der Waals surface area contributed by atoms with Gasteiger partial charge in [0.1, 0.15) is 22.9 Å². The van der Waals surface area contributed by atoms with Gasteiger partial charge in [0, 0.05) is 24.8 Å². The molecule has 0 saturated carbocycles. The zero-order valence-corrected chi connectivity index (χ0v) is 14.0. The van der Waals surface area contributed by atoms with Gasteiger partial charge >= 0.3 is 5.97 Å². The second kappa shape index (κ2) is 8.25. The first-order chi connectivity index (χ1) is 12.0. The minimum absolute atomic E-state index is 0.000689. The second-order valence-corrected chi connectivity index (χ2v) is 4.93. The highest BCUT2D eigenvalue weighted by Gasteiger charge is 2.22. The van der Waals surface area contributed by atoms with Crippen molar-refractivity contribution in [3.8, 4) is 11.5 Å². The molecule has 25 heavy (non-hydrogen) atoms. The van der Waals surface area contributed by atoms with Crippen molar-refractivity contribution in [2.75, 3.05) is 28.1 Å². The molecular formula is C18H17FO6. The van der Waals surface area contributed by atoms with Crippen LogP contribution in [0.5, 0.6) is 11.5 Å². The summed E-state index contributed by atoms with van der Waals surface area (Å²) < 4.78 is 34.1. The van der Waals surface area contributed by atoms with Crippen LogP contribution in [0.15, 0.2) is 36.4 Å². The Balaban J connectivity index is 2.42. The van der Waals surface area contributed by atoms with Gasteiger partial charge in [-0.2, -0.15) is 0 Å². The number of rotatable bonds is 7. The Hall–Kier alpha value is -2.93. The van der Waals surface area contributed by atoms with Crippen molar-refractivity contribution < 1.29 is 32.9 Å². The second-order valence-electron chi connectivity index (χ2n) is 4.93. The van der Waals surface area contributed by atoms with Gasteiger partial charge in [0.05, 0.1) is 19.8 Å². The van der Waals surface area contributed by atoms with Crippen LogP contribution in [0.2, 0.25) is 0 Å². The number of hydrogen-bond acceptors (Lipinski definition) is 6. The van der Waals surface area contributed by atoms with Crippen LogP contribution in [-0.2, 0) is 9.47 Å². The van der Waals surface area contributed by atoms with E-state index in [1.807, 2.05) is 0 Å². The minimum Gasteiger partial charge on any atom is -0.497 e. The zero-order valence-electron chi connectivity index (χ0n) is 14.0. The Kier molecular flexibility index (Phi) is 6.08. The summed E-state index contributed by atoms with van der Waals surface area (Å²) in [5, 5.41) is 0. The van der Waals surface area contributed by atoms with E-state index in [1.165, 1.54) is 51.7 Å². The first-order valence-corrected chi connectivity index (χ1v) is 7.24. The van der Waals surface area contributed by atoms with Gasteiger partial charge in [0.15, 0.2) is 12.6 Å². The van der Waals surface area contributed by atoms with Gasteiger partial charge in [-0.3, -0.25) is 4.79 Å². The smallest absolute Gasteiger partial charge is 0.337 e. The van der Waals surface area contributed by atoms with Crippen LogP contribution < -0.4 is 9.47 Å². The summed E-state index contributed by atoms with van der Waals surface area (Å²) in [5.41, 5.74) is 0.229. The van der Waals surface area contributed by atoms with E-state index in [1.54, 1.807) is 0 Å². The van der Waals surface area contributed by atoms with E-state index < -0.39 is 17.6 Å². The van der Waals surface area contributed by atoms with Crippen molar-refractivity contribution in [2.45, 2.75) is 0 Å².